The van der Waals surface area contributed by atoms with E-state index in [-0.39, 0.29) is 22.9 Å². The van der Waals surface area contributed by atoms with Crippen molar-refractivity contribution in [1.82, 2.24) is 10.6 Å². The molecule has 4 N–H and O–H groups in total. The van der Waals surface area contributed by atoms with Crippen LogP contribution in [0.4, 0.5) is 0 Å². The molecule has 2 aromatic carbocycles. The van der Waals surface area contributed by atoms with E-state index in [1.807, 2.05) is 25.1 Å². The molecule has 0 saturated carbocycles. The number of rotatable bonds is 9. The maximum absolute atomic E-state index is 12.4. The van der Waals surface area contributed by atoms with Gasteiger partial charge in [0.15, 0.2) is 0 Å². The number of primary sulfonamides is 1. The van der Waals surface area contributed by atoms with Gasteiger partial charge in [-0.3, -0.25) is 10.1 Å². The van der Waals surface area contributed by atoms with Gasteiger partial charge in [-0.05, 0) is 42.5 Å². The lowest BCUT2D eigenvalue weighted by atomic mass is 9.95. The van der Waals surface area contributed by atoms with Crippen molar-refractivity contribution >= 4 is 15.9 Å². The first kappa shape index (κ1) is 22.1. The SMILES string of the molecule is CC(C)[C@@H](N[C@H](C)C(=O)NCCc1ccc(S(N)(=O)=O)cc1)c1ccccc1. The summed E-state index contributed by atoms with van der Waals surface area (Å²) in [6.45, 7) is 6.58. The number of nitrogens with one attached hydrogen (secondary N) is 2. The van der Waals surface area contributed by atoms with E-state index in [1.54, 1.807) is 12.1 Å². The fourth-order valence-electron chi connectivity index (χ4n) is 3.01. The van der Waals surface area contributed by atoms with Gasteiger partial charge in [0.1, 0.15) is 0 Å². The van der Waals surface area contributed by atoms with Gasteiger partial charge < -0.3 is 5.32 Å². The highest BCUT2D eigenvalue weighted by Crippen LogP contribution is 2.21. The van der Waals surface area contributed by atoms with Crippen molar-refractivity contribution < 1.29 is 13.2 Å². The Bertz CT molecular complexity index is 866. The van der Waals surface area contributed by atoms with Crippen LogP contribution in [-0.4, -0.2) is 26.9 Å². The van der Waals surface area contributed by atoms with Crippen LogP contribution < -0.4 is 15.8 Å². The molecule has 6 nitrogen and oxygen atoms in total. The van der Waals surface area contributed by atoms with Crippen LogP contribution >= 0.6 is 0 Å². The highest BCUT2D eigenvalue weighted by atomic mass is 32.2. The molecule has 0 aliphatic heterocycles. The molecule has 0 aliphatic rings. The highest BCUT2D eigenvalue weighted by molar-refractivity contribution is 7.89. The predicted molar refractivity (Wildman–Crippen MR) is 111 cm³/mol. The largest absolute Gasteiger partial charge is 0.354 e. The minimum Gasteiger partial charge on any atom is -0.354 e. The minimum absolute atomic E-state index is 0.0669. The first-order valence-electron chi connectivity index (χ1n) is 9.39. The molecule has 0 heterocycles. The van der Waals surface area contributed by atoms with Gasteiger partial charge in [-0.25, -0.2) is 13.6 Å². The first-order chi connectivity index (χ1) is 13.2. The number of sulfonamides is 1. The fraction of sp³-hybridized carbons (Fsp3) is 0.381. The second-order valence-corrected chi connectivity index (χ2v) is 8.81. The molecule has 1 amide bonds. The van der Waals surface area contributed by atoms with Crippen molar-refractivity contribution in [3.63, 3.8) is 0 Å². The summed E-state index contributed by atoms with van der Waals surface area (Å²) < 4.78 is 22.5. The van der Waals surface area contributed by atoms with Crippen molar-refractivity contribution in [2.45, 2.75) is 44.2 Å². The Kier molecular flexibility index (Phi) is 7.74. The Labute approximate surface area is 167 Å². The zero-order valence-electron chi connectivity index (χ0n) is 16.6. The number of hydrogen-bond acceptors (Lipinski definition) is 4. The lowest BCUT2D eigenvalue weighted by Gasteiger charge is -2.26. The van der Waals surface area contributed by atoms with Gasteiger partial charge in [-0.15, -0.1) is 0 Å². The highest BCUT2D eigenvalue weighted by Gasteiger charge is 2.21. The summed E-state index contributed by atoms with van der Waals surface area (Å²) in [7, 11) is -3.68. The molecular formula is C21H29N3O3S. The van der Waals surface area contributed by atoms with Crippen molar-refractivity contribution in [1.29, 1.82) is 0 Å². The quantitative estimate of drug-likeness (QED) is 0.598. The van der Waals surface area contributed by atoms with Crippen LogP contribution in [0.1, 0.15) is 37.9 Å². The van der Waals surface area contributed by atoms with E-state index in [1.165, 1.54) is 12.1 Å². The molecule has 0 aliphatic carbocycles. The van der Waals surface area contributed by atoms with Gasteiger partial charge >= 0.3 is 0 Å². The molecule has 7 heteroatoms. The summed E-state index contributed by atoms with van der Waals surface area (Å²) in [5.74, 6) is 0.276. The molecule has 28 heavy (non-hydrogen) atoms. The number of carbonyl (C=O) groups excluding carboxylic acids is 1. The standard InChI is InChI=1S/C21H29N3O3S/c1-15(2)20(18-7-5-4-6-8-18)24-16(3)21(25)23-14-13-17-9-11-19(12-10-17)28(22,26)27/h4-12,15-16,20,24H,13-14H2,1-3H3,(H,23,25)(H2,22,26,27)/t16-,20-/m1/s1. The van der Waals surface area contributed by atoms with E-state index < -0.39 is 10.0 Å². The molecule has 0 fully saturated rings. The van der Waals surface area contributed by atoms with E-state index >= 15 is 0 Å². The fourth-order valence-corrected chi connectivity index (χ4v) is 3.52. The Balaban J connectivity index is 1.86. The lowest BCUT2D eigenvalue weighted by molar-refractivity contribution is -0.123. The van der Waals surface area contributed by atoms with Gasteiger partial charge in [0, 0.05) is 12.6 Å². The summed E-state index contributed by atoms with van der Waals surface area (Å²) in [5.41, 5.74) is 2.09. The molecular weight excluding hydrogens is 374 g/mol. The maximum Gasteiger partial charge on any atom is 0.238 e. The van der Waals surface area contributed by atoms with Crippen molar-refractivity contribution in [3.8, 4) is 0 Å². The Morgan fingerprint density at radius 3 is 2.14 bits per heavy atom. The summed E-state index contributed by atoms with van der Waals surface area (Å²) >= 11 is 0. The van der Waals surface area contributed by atoms with Crippen molar-refractivity contribution in [2.24, 2.45) is 11.1 Å². The monoisotopic (exact) mass is 403 g/mol. The number of hydrogen-bond donors (Lipinski definition) is 3. The third-order valence-electron chi connectivity index (χ3n) is 4.61. The van der Waals surface area contributed by atoms with Crippen LogP contribution in [0, 0.1) is 5.92 Å². The van der Waals surface area contributed by atoms with Gasteiger partial charge in [0.05, 0.1) is 10.9 Å². The second-order valence-electron chi connectivity index (χ2n) is 7.25. The van der Waals surface area contributed by atoms with Crippen molar-refractivity contribution in [2.75, 3.05) is 6.54 Å². The molecule has 0 aromatic heterocycles. The van der Waals surface area contributed by atoms with E-state index in [4.69, 9.17) is 5.14 Å². The smallest absolute Gasteiger partial charge is 0.238 e. The van der Waals surface area contributed by atoms with Crippen LogP contribution in [0.15, 0.2) is 59.5 Å². The van der Waals surface area contributed by atoms with Gasteiger partial charge in [-0.2, -0.15) is 0 Å². The van der Waals surface area contributed by atoms with Crippen LogP contribution in [0.5, 0.6) is 0 Å². The lowest BCUT2D eigenvalue weighted by Crippen LogP contribution is -2.45. The first-order valence-corrected chi connectivity index (χ1v) is 10.9. The number of carbonyl (C=O) groups is 1. The zero-order chi connectivity index (χ0) is 20.7. The van der Waals surface area contributed by atoms with Crippen LogP contribution in [0.25, 0.3) is 0 Å². The molecule has 152 valence electrons. The summed E-state index contributed by atoms with van der Waals surface area (Å²) in [5, 5.41) is 11.4. The number of benzene rings is 2. The normalized spacial score (nSPS) is 13.9. The molecule has 0 unspecified atom stereocenters. The number of nitrogens with two attached hydrogens (primary N) is 1. The van der Waals surface area contributed by atoms with Crippen LogP contribution in [0.2, 0.25) is 0 Å². The van der Waals surface area contributed by atoms with Gasteiger partial charge in [-0.1, -0.05) is 56.3 Å². The Hall–Kier alpha value is -2.22. The Morgan fingerprint density at radius 1 is 1.00 bits per heavy atom. The van der Waals surface area contributed by atoms with Gasteiger partial charge in [0.25, 0.3) is 0 Å². The average molecular weight is 404 g/mol. The van der Waals surface area contributed by atoms with E-state index in [9.17, 15) is 13.2 Å². The van der Waals surface area contributed by atoms with E-state index in [2.05, 4.69) is 36.6 Å². The third kappa shape index (κ3) is 6.44. The molecule has 0 radical (unpaired) electrons. The zero-order valence-corrected chi connectivity index (χ0v) is 17.4. The summed E-state index contributed by atoms with van der Waals surface area (Å²) in [6.07, 6.45) is 0.607. The molecule has 0 saturated heterocycles. The van der Waals surface area contributed by atoms with Gasteiger partial charge in [0.2, 0.25) is 15.9 Å². The van der Waals surface area contributed by atoms with Crippen LogP contribution in [-0.2, 0) is 21.2 Å². The van der Waals surface area contributed by atoms with E-state index in [0.717, 1.165) is 11.1 Å². The van der Waals surface area contributed by atoms with Crippen LogP contribution in [0.3, 0.4) is 0 Å². The summed E-state index contributed by atoms with van der Waals surface area (Å²) in [6, 6.07) is 16.2. The average Bonchev–Trinajstić information content (AvgIpc) is 2.66. The predicted octanol–water partition coefficient (Wildman–Crippen LogP) is 2.37. The minimum atomic E-state index is -3.68. The summed E-state index contributed by atoms with van der Waals surface area (Å²) in [4.78, 5) is 12.5. The second kappa shape index (κ2) is 9.82. The molecule has 2 atom stereocenters. The molecule has 0 bridgehead atoms. The van der Waals surface area contributed by atoms with E-state index in [0.29, 0.717) is 18.9 Å². The molecule has 2 rings (SSSR count). The Morgan fingerprint density at radius 2 is 1.61 bits per heavy atom. The third-order valence-corrected chi connectivity index (χ3v) is 5.54. The maximum atomic E-state index is 12.4. The number of amides is 1. The van der Waals surface area contributed by atoms with Crippen molar-refractivity contribution in [3.05, 3.63) is 65.7 Å². The molecule has 0 spiro atoms. The topological polar surface area (TPSA) is 101 Å². The molecule has 2 aromatic rings.